The fourth-order valence-electron chi connectivity index (χ4n) is 2.69. The van der Waals surface area contributed by atoms with Crippen LogP contribution in [0.4, 0.5) is 0 Å². The first-order valence-corrected chi connectivity index (χ1v) is 7.63. The molecular formula is C14H15N5S. The molecule has 6 heteroatoms. The first kappa shape index (κ1) is 12.0. The van der Waals surface area contributed by atoms with E-state index in [2.05, 4.69) is 22.4 Å². The summed E-state index contributed by atoms with van der Waals surface area (Å²) in [6.45, 7) is 4.34. The van der Waals surface area contributed by atoms with Gasteiger partial charge in [0.05, 0.1) is 0 Å². The molecule has 1 fully saturated rings. The molecule has 5 nitrogen and oxygen atoms in total. The normalized spacial score (nSPS) is 22.6. The molecule has 1 aliphatic heterocycles. The molecule has 2 atom stereocenters. The molecule has 0 aliphatic carbocycles. The number of hydrogen-bond acceptors (Lipinski definition) is 5. The summed E-state index contributed by atoms with van der Waals surface area (Å²) in [5.74, 6) is 1.94. The van der Waals surface area contributed by atoms with Gasteiger partial charge in [0.1, 0.15) is 5.01 Å². The maximum absolute atomic E-state index is 4.75. The van der Waals surface area contributed by atoms with Crippen LogP contribution in [-0.2, 0) is 0 Å². The molecular weight excluding hydrogens is 270 g/mol. The summed E-state index contributed by atoms with van der Waals surface area (Å²) in [7, 11) is 0. The van der Waals surface area contributed by atoms with Crippen LogP contribution >= 0.6 is 11.3 Å². The maximum atomic E-state index is 4.75. The predicted octanol–water partition coefficient (Wildman–Crippen LogP) is 2.18. The van der Waals surface area contributed by atoms with Crippen molar-refractivity contribution in [3.05, 3.63) is 35.3 Å². The van der Waals surface area contributed by atoms with Crippen LogP contribution in [0.15, 0.2) is 30.3 Å². The van der Waals surface area contributed by atoms with Gasteiger partial charge in [0.25, 0.3) is 0 Å². The average Bonchev–Trinajstić information content (AvgIpc) is 3.13. The van der Waals surface area contributed by atoms with E-state index in [1.165, 1.54) is 0 Å². The fourth-order valence-corrected chi connectivity index (χ4v) is 3.76. The lowest BCUT2D eigenvalue weighted by Crippen LogP contribution is -2.08. The maximum Gasteiger partial charge on any atom is 0.234 e. The number of nitrogens with one attached hydrogen (secondary N) is 1. The van der Waals surface area contributed by atoms with E-state index in [0.29, 0.717) is 11.8 Å². The lowest BCUT2D eigenvalue weighted by atomic mass is 9.99. The molecule has 1 aliphatic rings. The topological polar surface area (TPSA) is 55.1 Å². The Morgan fingerprint density at radius 1 is 1.20 bits per heavy atom. The summed E-state index contributed by atoms with van der Waals surface area (Å²) in [5, 5.41) is 17.9. The van der Waals surface area contributed by atoms with Crippen molar-refractivity contribution < 1.29 is 0 Å². The Hall–Kier alpha value is -1.79. The van der Waals surface area contributed by atoms with Crippen molar-refractivity contribution >= 4 is 16.3 Å². The van der Waals surface area contributed by atoms with Crippen molar-refractivity contribution in [2.24, 2.45) is 5.92 Å². The zero-order valence-electron chi connectivity index (χ0n) is 11.2. The molecule has 1 N–H and O–H groups in total. The second-order valence-electron chi connectivity index (χ2n) is 5.27. The molecule has 0 amide bonds. The molecule has 4 rings (SSSR count). The molecule has 0 bridgehead atoms. The van der Waals surface area contributed by atoms with Gasteiger partial charge in [-0.1, -0.05) is 48.6 Å². The summed E-state index contributed by atoms with van der Waals surface area (Å²) in [4.78, 5) is 0.873. The standard InChI is InChI=1S/C14H15N5S/c1-9-7-15-8-11(9)13-18-19-12(16-17-14(19)20-13)10-5-3-2-4-6-10/h2-6,9,11,15H,7-8H2,1H3. The fraction of sp³-hybridized carbons (Fsp3) is 0.357. The molecule has 0 radical (unpaired) electrons. The van der Waals surface area contributed by atoms with Crippen LogP contribution in [0.1, 0.15) is 17.8 Å². The van der Waals surface area contributed by atoms with E-state index < -0.39 is 0 Å². The Morgan fingerprint density at radius 2 is 2.05 bits per heavy atom. The number of nitrogens with zero attached hydrogens (tertiary/aromatic N) is 4. The van der Waals surface area contributed by atoms with Crippen molar-refractivity contribution in [1.82, 2.24) is 25.1 Å². The second-order valence-corrected chi connectivity index (χ2v) is 6.25. The summed E-state index contributed by atoms with van der Waals surface area (Å²) in [6.07, 6.45) is 0. The Morgan fingerprint density at radius 3 is 2.80 bits per heavy atom. The molecule has 0 saturated carbocycles. The molecule has 20 heavy (non-hydrogen) atoms. The van der Waals surface area contributed by atoms with E-state index in [4.69, 9.17) is 5.10 Å². The van der Waals surface area contributed by atoms with Gasteiger partial charge < -0.3 is 5.32 Å². The van der Waals surface area contributed by atoms with Crippen LogP contribution in [-0.4, -0.2) is 32.9 Å². The van der Waals surface area contributed by atoms with Crippen molar-refractivity contribution in [2.75, 3.05) is 13.1 Å². The Labute approximate surface area is 120 Å². The summed E-state index contributed by atoms with van der Waals surface area (Å²) >= 11 is 1.65. The molecule has 3 heterocycles. The average molecular weight is 285 g/mol. The monoisotopic (exact) mass is 285 g/mol. The van der Waals surface area contributed by atoms with E-state index in [9.17, 15) is 0 Å². The number of benzene rings is 1. The lowest BCUT2D eigenvalue weighted by Gasteiger charge is -2.08. The summed E-state index contributed by atoms with van der Waals surface area (Å²) in [6, 6.07) is 10.1. The minimum absolute atomic E-state index is 0.491. The lowest BCUT2D eigenvalue weighted by molar-refractivity contribution is 0.563. The van der Waals surface area contributed by atoms with Crippen molar-refractivity contribution in [3.8, 4) is 11.4 Å². The smallest absolute Gasteiger partial charge is 0.234 e. The minimum Gasteiger partial charge on any atom is -0.316 e. The quantitative estimate of drug-likeness (QED) is 0.784. The van der Waals surface area contributed by atoms with E-state index in [-0.39, 0.29) is 0 Å². The van der Waals surface area contributed by atoms with Crippen LogP contribution < -0.4 is 5.32 Å². The van der Waals surface area contributed by atoms with Gasteiger partial charge in [0.15, 0.2) is 5.82 Å². The zero-order chi connectivity index (χ0) is 13.5. The van der Waals surface area contributed by atoms with Gasteiger partial charge in [-0.25, -0.2) is 0 Å². The Kier molecular flexibility index (Phi) is 2.78. The summed E-state index contributed by atoms with van der Waals surface area (Å²) < 4.78 is 1.88. The van der Waals surface area contributed by atoms with Gasteiger partial charge in [-0.3, -0.25) is 0 Å². The molecule has 1 saturated heterocycles. The van der Waals surface area contributed by atoms with Crippen molar-refractivity contribution in [2.45, 2.75) is 12.8 Å². The van der Waals surface area contributed by atoms with E-state index in [1.807, 2.05) is 34.8 Å². The third-order valence-corrected chi connectivity index (χ3v) is 4.90. The third-order valence-electron chi connectivity index (χ3n) is 3.87. The minimum atomic E-state index is 0.491. The van der Waals surface area contributed by atoms with Crippen LogP contribution in [0.2, 0.25) is 0 Å². The largest absolute Gasteiger partial charge is 0.316 e. The molecule has 2 unspecified atom stereocenters. The number of rotatable bonds is 2. The first-order valence-electron chi connectivity index (χ1n) is 6.81. The van der Waals surface area contributed by atoms with Gasteiger partial charge in [-0.05, 0) is 12.5 Å². The van der Waals surface area contributed by atoms with E-state index in [1.54, 1.807) is 11.3 Å². The Balaban J connectivity index is 1.79. The Bertz CT molecular complexity index is 732. The highest BCUT2D eigenvalue weighted by molar-refractivity contribution is 7.16. The van der Waals surface area contributed by atoms with Crippen molar-refractivity contribution in [3.63, 3.8) is 0 Å². The zero-order valence-corrected chi connectivity index (χ0v) is 12.0. The SMILES string of the molecule is CC1CNCC1c1nn2c(-c3ccccc3)nnc2s1. The summed E-state index contributed by atoms with van der Waals surface area (Å²) in [5.41, 5.74) is 1.05. The van der Waals surface area contributed by atoms with Crippen LogP contribution in [0.25, 0.3) is 16.3 Å². The highest BCUT2D eigenvalue weighted by atomic mass is 32.1. The molecule has 0 spiro atoms. The van der Waals surface area contributed by atoms with E-state index >= 15 is 0 Å². The van der Waals surface area contributed by atoms with Gasteiger partial charge in [-0.15, -0.1) is 10.2 Å². The van der Waals surface area contributed by atoms with Gasteiger partial charge >= 0.3 is 0 Å². The molecule has 102 valence electrons. The highest BCUT2D eigenvalue weighted by Gasteiger charge is 2.28. The van der Waals surface area contributed by atoms with Crippen LogP contribution in [0.3, 0.4) is 0 Å². The van der Waals surface area contributed by atoms with Gasteiger partial charge in [0, 0.05) is 18.0 Å². The molecule has 3 aromatic rings. The van der Waals surface area contributed by atoms with Crippen LogP contribution in [0, 0.1) is 5.92 Å². The second kappa shape index (κ2) is 4.64. The number of fused-ring (bicyclic) bond motifs is 1. The van der Waals surface area contributed by atoms with Crippen molar-refractivity contribution in [1.29, 1.82) is 0 Å². The highest BCUT2D eigenvalue weighted by Crippen LogP contribution is 2.31. The van der Waals surface area contributed by atoms with E-state index in [0.717, 1.165) is 34.4 Å². The first-order chi connectivity index (χ1) is 9.83. The predicted molar refractivity (Wildman–Crippen MR) is 78.9 cm³/mol. The van der Waals surface area contributed by atoms with Gasteiger partial charge in [0.2, 0.25) is 4.96 Å². The number of aromatic nitrogens is 4. The third kappa shape index (κ3) is 1.83. The van der Waals surface area contributed by atoms with Crippen LogP contribution in [0.5, 0.6) is 0 Å². The van der Waals surface area contributed by atoms with Gasteiger partial charge in [-0.2, -0.15) is 9.61 Å². The molecule has 2 aromatic heterocycles. The molecule has 1 aromatic carbocycles. The number of hydrogen-bond donors (Lipinski definition) is 1.